The molecule has 0 radical (unpaired) electrons. The molecule has 0 bridgehead atoms. The van der Waals surface area contributed by atoms with Crippen molar-refractivity contribution in [2.75, 3.05) is 26.4 Å². The number of benzene rings is 3. The number of amides is 1. The van der Waals surface area contributed by atoms with Gasteiger partial charge in [0.2, 0.25) is 0 Å². The quantitative estimate of drug-likeness (QED) is 0.616. The molecule has 3 aromatic rings. The summed E-state index contributed by atoms with van der Waals surface area (Å²) in [7, 11) is 0. The van der Waals surface area contributed by atoms with E-state index < -0.39 is 0 Å². The maximum absolute atomic E-state index is 13.3. The highest BCUT2D eigenvalue weighted by atomic mass is 16.5. The first-order valence-corrected chi connectivity index (χ1v) is 11.4. The van der Waals surface area contributed by atoms with Gasteiger partial charge in [0.05, 0.1) is 32.5 Å². The summed E-state index contributed by atoms with van der Waals surface area (Å²) >= 11 is 0. The van der Waals surface area contributed by atoms with Crippen LogP contribution in [0.25, 0.3) is 0 Å². The zero-order chi connectivity index (χ0) is 22.5. The van der Waals surface area contributed by atoms with Gasteiger partial charge in [-0.05, 0) is 47.9 Å². The molecule has 1 amide bonds. The molecule has 3 aromatic carbocycles. The van der Waals surface area contributed by atoms with Gasteiger partial charge in [0.15, 0.2) is 23.0 Å². The second-order valence-corrected chi connectivity index (χ2v) is 8.18. The van der Waals surface area contributed by atoms with Crippen molar-refractivity contribution >= 4 is 5.91 Å². The van der Waals surface area contributed by atoms with Crippen molar-refractivity contribution in [3.05, 3.63) is 83.4 Å². The Labute approximate surface area is 193 Å². The highest BCUT2D eigenvalue weighted by molar-refractivity contribution is 5.95. The summed E-state index contributed by atoms with van der Waals surface area (Å²) in [6.07, 6.45) is 2.31. The summed E-state index contributed by atoms with van der Waals surface area (Å²) in [4.78, 5) is 13.3. The van der Waals surface area contributed by atoms with Crippen molar-refractivity contribution in [3.8, 4) is 23.0 Å². The molecular weight excluding hydrogens is 418 g/mol. The smallest absolute Gasteiger partial charge is 0.251 e. The van der Waals surface area contributed by atoms with Crippen LogP contribution >= 0.6 is 0 Å². The third-order valence-corrected chi connectivity index (χ3v) is 5.77. The van der Waals surface area contributed by atoms with E-state index in [0.29, 0.717) is 55.7 Å². The highest BCUT2D eigenvalue weighted by Gasteiger charge is 2.21. The second kappa shape index (κ2) is 9.86. The Morgan fingerprint density at radius 2 is 1.33 bits per heavy atom. The average molecular weight is 446 g/mol. The van der Waals surface area contributed by atoms with Gasteiger partial charge in [-0.3, -0.25) is 4.79 Å². The first-order valence-electron chi connectivity index (χ1n) is 11.4. The first kappa shape index (κ1) is 21.2. The van der Waals surface area contributed by atoms with Crippen molar-refractivity contribution in [3.63, 3.8) is 0 Å². The van der Waals surface area contributed by atoms with Crippen LogP contribution in [-0.2, 0) is 6.42 Å². The summed E-state index contributed by atoms with van der Waals surface area (Å²) in [6.45, 7) is 2.44. The number of hydrogen-bond donors (Lipinski definition) is 1. The molecule has 1 atom stereocenters. The molecule has 0 aliphatic carbocycles. The van der Waals surface area contributed by atoms with E-state index in [0.717, 1.165) is 29.7 Å². The van der Waals surface area contributed by atoms with E-state index >= 15 is 0 Å². The minimum atomic E-state index is -0.243. The van der Waals surface area contributed by atoms with Crippen LogP contribution in [0.1, 0.15) is 40.4 Å². The topological polar surface area (TPSA) is 66.0 Å². The van der Waals surface area contributed by atoms with Gasteiger partial charge in [0.25, 0.3) is 5.91 Å². The number of carbonyl (C=O) groups excluding carboxylic acids is 1. The maximum atomic E-state index is 13.3. The molecule has 5 rings (SSSR count). The molecule has 2 aliphatic rings. The number of rotatable bonds is 5. The van der Waals surface area contributed by atoms with Gasteiger partial charge in [0.1, 0.15) is 0 Å². The van der Waals surface area contributed by atoms with Gasteiger partial charge < -0.3 is 24.3 Å². The molecule has 0 saturated carbocycles. The van der Waals surface area contributed by atoms with Crippen LogP contribution in [0.2, 0.25) is 0 Å². The predicted molar refractivity (Wildman–Crippen MR) is 124 cm³/mol. The molecule has 1 unspecified atom stereocenters. The van der Waals surface area contributed by atoms with Gasteiger partial charge >= 0.3 is 0 Å². The van der Waals surface area contributed by atoms with Crippen LogP contribution in [0.4, 0.5) is 0 Å². The summed E-state index contributed by atoms with van der Waals surface area (Å²) in [5.74, 6) is 2.57. The Balaban J connectivity index is 1.42. The lowest BCUT2D eigenvalue weighted by Crippen LogP contribution is -2.30. The standard InChI is InChI=1S/C27H27NO5/c29-27(21-9-11-24-26(18-21)33-15-5-13-31-24)28-22(16-19-6-2-1-3-7-19)20-8-10-23-25(17-20)32-14-4-12-30-23/h1-3,6-11,17-18,22H,4-5,12-16H2,(H,28,29). The van der Waals surface area contributed by atoms with Crippen LogP contribution in [0.3, 0.4) is 0 Å². The van der Waals surface area contributed by atoms with Crippen LogP contribution in [0.5, 0.6) is 23.0 Å². The highest BCUT2D eigenvalue weighted by Crippen LogP contribution is 2.34. The van der Waals surface area contributed by atoms with Crippen LogP contribution in [0.15, 0.2) is 66.7 Å². The van der Waals surface area contributed by atoms with Crippen molar-refractivity contribution < 1.29 is 23.7 Å². The van der Waals surface area contributed by atoms with Gasteiger partial charge in [0, 0.05) is 18.4 Å². The van der Waals surface area contributed by atoms with E-state index in [1.54, 1.807) is 18.2 Å². The minimum Gasteiger partial charge on any atom is -0.490 e. The Morgan fingerprint density at radius 3 is 2.03 bits per heavy atom. The third-order valence-electron chi connectivity index (χ3n) is 5.77. The largest absolute Gasteiger partial charge is 0.490 e. The van der Waals surface area contributed by atoms with E-state index in [1.807, 2.05) is 36.4 Å². The van der Waals surface area contributed by atoms with Crippen molar-refractivity contribution in [1.29, 1.82) is 0 Å². The average Bonchev–Trinajstić information content (AvgIpc) is 3.23. The van der Waals surface area contributed by atoms with E-state index in [4.69, 9.17) is 18.9 Å². The lowest BCUT2D eigenvalue weighted by Gasteiger charge is -2.21. The summed E-state index contributed by atoms with van der Waals surface area (Å²) in [6, 6.07) is 21.1. The maximum Gasteiger partial charge on any atom is 0.251 e. The van der Waals surface area contributed by atoms with Crippen LogP contribution in [-0.4, -0.2) is 32.3 Å². The van der Waals surface area contributed by atoms with Gasteiger partial charge in [-0.1, -0.05) is 36.4 Å². The van der Waals surface area contributed by atoms with Crippen LogP contribution in [0, 0.1) is 0 Å². The molecule has 1 N–H and O–H groups in total. The normalized spacial score (nSPS) is 15.6. The van der Waals surface area contributed by atoms with Gasteiger partial charge in [-0.15, -0.1) is 0 Å². The Kier molecular flexibility index (Phi) is 6.33. The number of fused-ring (bicyclic) bond motifs is 2. The fourth-order valence-electron chi connectivity index (χ4n) is 4.04. The zero-order valence-electron chi connectivity index (χ0n) is 18.4. The third kappa shape index (κ3) is 5.06. The first-order chi connectivity index (χ1) is 16.3. The predicted octanol–water partition coefficient (Wildman–Crippen LogP) is 4.72. The molecule has 0 spiro atoms. The molecule has 0 aromatic heterocycles. The minimum absolute atomic E-state index is 0.168. The fourth-order valence-corrected chi connectivity index (χ4v) is 4.04. The molecule has 6 nitrogen and oxygen atoms in total. The number of hydrogen-bond acceptors (Lipinski definition) is 5. The van der Waals surface area contributed by atoms with E-state index in [9.17, 15) is 4.79 Å². The van der Waals surface area contributed by atoms with Crippen molar-refractivity contribution in [2.24, 2.45) is 0 Å². The Bertz CT molecular complexity index is 1110. The Morgan fingerprint density at radius 1 is 0.727 bits per heavy atom. The molecule has 2 aliphatic heterocycles. The number of ether oxygens (including phenoxy) is 4. The second-order valence-electron chi connectivity index (χ2n) is 8.18. The Hall–Kier alpha value is -3.67. The number of nitrogens with one attached hydrogen (secondary N) is 1. The van der Waals surface area contributed by atoms with E-state index in [2.05, 4.69) is 17.4 Å². The molecule has 6 heteroatoms. The summed E-state index contributed by atoms with van der Waals surface area (Å²) in [5.41, 5.74) is 2.63. The monoisotopic (exact) mass is 445 g/mol. The SMILES string of the molecule is O=C(NC(Cc1ccccc1)c1ccc2c(c1)OCCCO2)c1ccc2c(c1)OCCCO2. The van der Waals surface area contributed by atoms with Crippen molar-refractivity contribution in [1.82, 2.24) is 5.32 Å². The zero-order valence-corrected chi connectivity index (χ0v) is 18.4. The van der Waals surface area contributed by atoms with Crippen LogP contribution < -0.4 is 24.3 Å². The van der Waals surface area contributed by atoms with Gasteiger partial charge in [-0.25, -0.2) is 0 Å². The molecule has 170 valence electrons. The molecule has 0 saturated heterocycles. The molecule has 2 heterocycles. The number of carbonyl (C=O) groups is 1. The fraction of sp³-hybridized carbons (Fsp3) is 0.296. The molecule has 0 fully saturated rings. The molecule has 33 heavy (non-hydrogen) atoms. The van der Waals surface area contributed by atoms with Gasteiger partial charge in [-0.2, -0.15) is 0 Å². The van der Waals surface area contributed by atoms with Crippen molar-refractivity contribution in [2.45, 2.75) is 25.3 Å². The molecular formula is C27H27NO5. The summed E-state index contributed by atoms with van der Waals surface area (Å²) < 4.78 is 23.1. The lowest BCUT2D eigenvalue weighted by atomic mass is 9.98. The summed E-state index contributed by atoms with van der Waals surface area (Å²) in [5, 5.41) is 3.21. The van der Waals surface area contributed by atoms with E-state index in [-0.39, 0.29) is 11.9 Å². The lowest BCUT2D eigenvalue weighted by molar-refractivity contribution is 0.0936. The van der Waals surface area contributed by atoms with E-state index in [1.165, 1.54) is 0 Å².